The van der Waals surface area contributed by atoms with Crippen LogP contribution in [0.4, 0.5) is 11.4 Å². The number of anilines is 2. The molecule has 1 fully saturated rings. The van der Waals surface area contributed by atoms with E-state index in [1.54, 1.807) is 40.8 Å². The Morgan fingerprint density at radius 3 is 1.44 bits per heavy atom. The summed E-state index contributed by atoms with van der Waals surface area (Å²) in [6.07, 6.45) is 7.46. The Morgan fingerprint density at radius 2 is 1.10 bits per heavy atom. The molecule has 24 heteroatoms. The maximum absolute atomic E-state index is 8.00. The molecule has 6 aromatic rings. The number of aryl methyl sites for hydroxylation is 4. The summed E-state index contributed by atoms with van der Waals surface area (Å²) in [5, 5.41) is 17.4. The third kappa shape index (κ3) is 24.9. The van der Waals surface area contributed by atoms with E-state index in [0.717, 1.165) is 52.5 Å². The van der Waals surface area contributed by atoms with Gasteiger partial charge in [0.2, 0.25) is 0 Å². The quantitative estimate of drug-likeness (QED) is 0.0293. The number of methoxy groups -OCH3 is 4. The number of nitrogen functional groups attached to an aromatic ring is 2. The smallest absolute Gasteiger partial charge is 1.00 e. The molecule has 16 nitrogen and oxygen atoms in total. The van der Waals surface area contributed by atoms with Gasteiger partial charge in [0, 0.05) is 84.4 Å². The zero-order valence-corrected chi connectivity index (χ0v) is 53.5. The molecule has 5 N–H and O–H groups in total. The SMILES string of the molecule is COC(CC(OC)OC)OC.Cc1cc(-n2cccn2)ccc1B1OC(C)(C)C(C)(C)O1.Cc1cc(-n2cccn2)ccc1Br.Cc1cc(N)ccc1Br.Cc1cc(NN)ccc1Br.O=N[O-].[Cl][Sn][Cl].[Na+]. The maximum atomic E-state index is 8.00. The number of rotatable bonds is 10. The van der Waals surface area contributed by atoms with E-state index < -0.39 is 18.9 Å². The Kier molecular flexibility index (Phi) is 35.7. The van der Waals surface area contributed by atoms with Crippen LogP contribution < -0.4 is 52.0 Å². The van der Waals surface area contributed by atoms with Crippen LogP contribution in [0.5, 0.6) is 0 Å². The van der Waals surface area contributed by atoms with E-state index in [0.29, 0.717) is 6.42 Å². The third-order valence-corrected chi connectivity index (χ3v) is 13.1. The average Bonchev–Trinajstić information content (AvgIpc) is 4.11. The second-order valence-corrected chi connectivity index (χ2v) is 22.6. The number of nitrogens with zero attached hydrogens (tertiary/aromatic N) is 5. The molecule has 2 radical (unpaired) electrons. The number of hydrogen-bond donors (Lipinski definition) is 3. The molecular formula is C47H63BBr3Cl2N8NaO8Sn. The summed E-state index contributed by atoms with van der Waals surface area (Å²) in [5.74, 6) is 5.20. The standard InChI is InChI=1S/C16H21BN2O2.C10H9BrN2.C7H9BrN2.C7H8BrN.C7H16O4.2ClH.HNO2.Na.Sn/c1-12-11-13(19-10-6-9-18-19)7-8-14(12)17-20-15(2,3)16(4,5)21-17;1-8-7-9(3-4-10(8)11)13-6-2-5-12-13;1-5-4-6(10-9)2-3-7(5)8;1-5-4-6(9)2-3-7(5)8;1-8-6(9-2)5-7(10-3)11-4;;;2-1-3;;/h6-11H,1-5H3;2-7H,1H3;2-4,10H,9H2,1H3;2-4H,9H2,1H3;6-7H,5H2,1-4H3;2*1H;(H,2,3);;/q;;;;;;;;+1;+2/p-3. The minimum Gasteiger partial charge on any atom is 1.00 e. The molecule has 0 spiro atoms. The summed E-state index contributed by atoms with van der Waals surface area (Å²) in [6.45, 7) is 16.5. The second kappa shape index (κ2) is 36.8. The largest absolute Gasteiger partial charge is 1.00 e. The Morgan fingerprint density at radius 1 is 0.718 bits per heavy atom. The monoisotopic (exact) mass is 1330 g/mol. The van der Waals surface area contributed by atoms with Gasteiger partial charge in [0.25, 0.3) is 0 Å². The number of benzene rings is 4. The Bertz CT molecular complexity index is 2370. The predicted octanol–water partition coefficient (Wildman–Crippen LogP) is 8.67. The average molecular weight is 1330 g/mol. The minimum absolute atomic E-state index is 0. The number of hydrogen-bond acceptors (Lipinski definition) is 14. The summed E-state index contributed by atoms with van der Waals surface area (Å²) in [4.78, 5) is 8.00. The molecule has 0 aliphatic carbocycles. The molecule has 0 amide bonds. The van der Waals surface area contributed by atoms with E-state index in [9.17, 15) is 0 Å². The second-order valence-electron chi connectivity index (χ2n) is 15.8. The fraction of sp³-hybridized carbons (Fsp3) is 0.362. The predicted molar refractivity (Wildman–Crippen MR) is 297 cm³/mol. The molecular weight excluding hydrogens is 1270 g/mol. The summed E-state index contributed by atoms with van der Waals surface area (Å²) in [7, 11) is 15.9. The summed E-state index contributed by atoms with van der Waals surface area (Å²) in [6, 6.07) is 27.8. The Balaban J connectivity index is 0.000000865. The van der Waals surface area contributed by atoms with Crippen LogP contribution in [0.3, 0.4) is 0 Å². The van der Waals surface area contributed by atoms with Gasteiger partial charge in [0.05, 0.1) is 22.6 Å². The Hall–Kier alpha value is -2.10. The van der Waals surface area contributed by atoms with Crippen LogP contribution in [-0.4, -0.2) is 97.8 Å². The summed E-state index contributed by atoms with van der Waals surface area (Å²) < 4.78 is 39.1. The molecule has 2 aromatic heterocycles. The van der Waals surface area contributed by atoms with Crippen molar-refractivity contribution in [3.63, 3.8) is 0 Å². The van der Waals surface area contributed by atoms with Crippen molar-refractivity contribution in [3.05, 3.63) is 156 Å². The van der Waals surface area contributed by atoms with Crippen molar-refractivity contribution in [1.82, 2.24) is 19.6 Å². The van der Waals surface area contributed by atoms with E-state index in [2.05, 4.69) is 123 Å². The topological polar surface area (TPSA) is 208 Å². The summed E-state index contributed by atoms with van der Waals surface area (Å²) in [5.41, 5.74) is 17.1. The molecule has 7 rings (SSSR count). The van der Waals surface area contributed by atoms with E-state index >= 15 is 0 Å². The van der Waals surface area contributed by atoms with Crippen LogP contribution in [0.15, 0.2) is 128 Å². The number of aromatic nitrogens is 4. The van der Waals surface area contributed by atoms with Gasteiger partial charge in [-0.1, -0.05) is 53.9 Å². The van der Waals surface area contributed by atoms with Gasteiger partial charge >= 0.3 is 73.4 Å². The number of ether oxygens (including phenoxy) is 4. The molecule has 0 bridgehead atoms. The Labute approximate surface area is 484 Å². The minimum atomic E-state index is -0.826. The number of nitrogens with two attached hydrogens (primary N) is 2. The van der Waals surface area contributed by atoms with Gasteiger partial charge in [0.1, 0.15) is 0 Å². The van der Waals surface area contributed by atoms with Crippen molar-refractivity contribution in [3.8, 4) is 11.4 Å². The van der Waals surface area contributed by atoms with Crippen LogP contribution in [0.1, 0.15) is 56.4 Å². The number of nitrogens with one attached hydrogen (secondary N) is 1. The first-order chi connectivity index (χ1) is 33.1. The molecule has 3 heterocycles. The van der Waals surface area contributed by atoms with Gasteiger partial charge < -0.3 is 49.5 Å². The fourth-order valence-corrected chi connectivity index (χ4v) is 6.53. The van der Waals surface area contributed by atoms with Crippen LogP contribution in [0.2, 0.25) is 0 Å². The molecule has 0 atom stereocenters. The van der Waals surface area contributed by atoms with Crippen LogP contribution >= 0.6 is 65.6 Å². The first-order valence-corrected chi connectivity index (χ1v) is 30.7. The molecule has 382 valence electrons. The molecule has 1 aliphatic rings. The number of hydrazine groups is 1. The molecule has 1 aliphatic heterocycles. The van der Waals surface area contributed by atoms with Crippen LogP contribution in [0.25, 0.3) is 11.4 Å². The first kappa shape index (κ1) is 68.9. The van der Waals surface area contributed by atoms with Crippen molar-refractivity contribution in [1.29, 1.82) is 0 Å². The third-order valence-electron chi connectivity index (χ3n) is 10.4. The van der Waals surface area contributed by atoms with Crippen LogP contribution in [0, 0.1) is 37.8 Å². The molecule has 4 aromatic carbocycles. The molecule has 1 saturated heterocycles. The zero-order chi connectivity index (χ0) is 53.0. The van der Waals surface area contributed by atoms with Crippen molar-refractivity contribution in [2.45, 2.75) is 85.6 Å². The zero-order valence-electron chi connectivity index (χ0n) is 42.4. The van der Waals surface area contributed by atoms with E-state index in [1.807, 2.05) is 102 Å². The van der Waals surface area contributed by atoms with E-state index in [4.69, 9.17) is 67.8 Å². The molecule has 71 heavy (non-hydrogen) atoms. The number of halogens is 5. The van der Waals surface area contributed by atoms with Gasteiger partial charge in [-0.05, 0) is 162 Å². The van der Waals surface area contributed by atoms with Crippen molar-refractivity contribution in [2.75, 3.05) is 39.6 Å². The van der Waals surface area contributed by atoms with Crippen molar-refractivity contribution >= 4 is 108 Å². The molecule has 0 saturated carbocycles. The van der Waals surface area contributed by atoms with E-state index in [1.165, 1.54) is 16.7 Å². The van der Waals surface area contributed by atoms with Gasteiger partial charge in [-0.3, -0.25) is 5.84 Å². The maximum Gasteiger partial charge on any atom is 1.00 e. The van der Waals surface area contributed by atoms with Gasteiger partial charge in [-0.2, -0.15) is 10.2 Å². The molecule has 0 unspecified atom stereocenters. The normalized spacial score (nSPS) is 12.5. The van der Waals surface area contributed by atoms with Crippen molar-refractivity contribution < 1.29 is 57.8 Å². The first-order valence-electron chi connectivity index (χ1n) is 21.1. The summed E-state index contributed by atoms with van der Waals surface area (Å²) >= 11 is 9.40. The van der Waals surface area contributed by atoms with Crippen LogP contribution in [-0.2, 0) is 28.3 Å². The van der Waals surface area contributed by atoms with E-state index in [-0.39, 0.29) is 60.5 Å². The van der Waals surface area contributed by atoms with Gasteiger partial charge in [0.15, 0.2) is 12.6 Å². The van der Waals surface area contributed by atoms with Gasteiger partial charge in [-0.25, -0.2) is 9.36 Å². The van der Waals surface area contributed by atoms with Crippen molar-refractivity contribution in [2.24, 2.45) is 11.2 Å². The fourth-order valence-electron chi connectivity index (χ4n) is 5.79. The van der Waals surface area contributed by atoms with Gasteiger partial charge in [-0.15, -0.1) is 5.34 Å².